The van der Waals surface area contributed by atoms with Crippen molar-refractivity contribution in [2.75, 3.05) is 30.8 Å². The van der Waals surface area contributed by atoms with Gasteiger partial charge in [0.25, 0.3) is 0 Å². The summed E-state index contributed by atoms with van der Waals surface area (Å²) < 4.78 is 15.4. The Bertz CT molecular complexity index is 1140. The van der Waals surface area contributed by atoms with E-state index in [1.54, 1.807) is 6.07 Å². The average Bonchev–Trinajstić information content (AvgIpc) is 3.20. The van der Waals surface area contributed by atoms with E-state index in [0.29, 0.717) is 5.82 Å². The summed E-state index contributed by atoms with van der Waals surface area (Å²) in [7, 11) is 1.96. The monoisotopic (exact) mass is 418 g/mol. The van der Waals surface area contributed by atoms with E-state index in [2.05, 4.69) is 45.2 Å². The third-order valence-electron chi connectivity index (χ3n) is 5.19. The van der Waals surface area contributed by atoms with Crippen molar-refractivity contribution in [1.82, 2.24) is 19.9 Å². The van der Waals surface area contributed by atoms with Gasteiger partial charge in [0.05, 0.1) is 17.9 Å². The van der Waals surface area contributed by atoms with Crippen LogP contribution >= 0.6 is 0 Å². The van der Waals surface area contributed by atoms with Crippen LogP contribution < -0.4 is 16.0 Å². The number of imidazole rings is 1. The molecule has 0 spiro atoms. The molecule has 0 bridgehead atoms. The van der Waals surface area contributed by atoms with Crippen molar-refractivity contribution in [3.63, 3.8) is 0 Å². The van der Waals surface area contributed by atoms with Crippen LogP contribution in [0.3, 0.4) is 0 Å². The normalized spacial score (nSPS) is 12.1. The zero-order valence-electron chi connectivity index (χ0n) is 17.8. The summed E-state index contributed by atoms with van der Waals surface area (Å²) in [6.45, 7) is 3.90. The smallest absolute Gasteiger partial charge is 0.154 e. The summed E-state index contributed by atoms with van der Waals surface area (Å²) in [5, 5.41) is 14.6. The molecule has 1 atom stereocenters. The molecule has 0 aliphatic carbocycles. The first kappa shape index (κ1) is 20.8. The topological polar surface area (TPSA) is 66.3 Å². The molecule has 0 aliphatic heterocycles. The van der Waals surface area contributed by atoms with Gasteiger partial charge < -0.3 is 16.0 Å². The van der Waals surface area contributed by atoms with Gasteiger partial charge in [-0.2, -0.15) is 0 Å². The van der Waals surface area contributed by atoms with Gasteiger partial charge in [0, 0.05) is 17.8 Å². The van der Waals surface area contributed by atoms with Gasteiger partial charge in [0.2, 0.25) is 0 Å². The highest BCUT2D eigenvalue weighted by Gasteiger charge is 2.11. The molecule has 0 aliphatic rings. The van der Waals surface area contributed by atoms with E-state index in [1.807, 2.05) is 42.9 Å². The predicted molar refractivity (Wildman–Crippen MR) is 124 cm³/mol. The van der Waals surface area contributed by atoms with Crippen LogP contribution in [0.15, 0.2) is 66.9 Å². The fourth-order valence-electron chi connectivity index (χ4n) is 3.48. The van der Waals surface area contributed by atoms with Gasteiger partial charge in [-0.15, -0.1) is 5.10 Å². The van der Waals surface area contributed by atoms with Gasteiger partial charge in [-0.3, -0.25) is 0 Å². The largest absolute Gasteiger partial charge is 0.385 e. The minimum Gasteiger partial charge on any atom is -0.385 e. The number of nitrogens with one attached hydrogen (secondary N) is 3. The molecule has 4 aromatic rings. The Hall–Kier alpha value is -3.45. The Kier molecular flexibility index (Phi) is 6.43. The van der Waals surface area contributed by atoms with Crippen LogP contribution in [0.1, 0.15) is 24.9 Å². The summed E-state index contributed by atoms with van der Waals surface area (Å²) in [5.74, 6) is 0.456. The van der Waals surface area contributed by atoms with Crippen molar-refractivity contribution in [2.24, 2.45) is 0 Å². The highest BCUT2D eigenvalue weighted by Crippen LogP contribution is 2.24. The van der Waals surface area contributed by atoms with Gasteiger partial charge >= 0.3 is 0 Å². The molecule has 31 heavy (non-hydrogen) atoms. The second-order valence-corrected chi connectivity index (χ2v) is 7.51. The lowest BCUT2D eigenvalue weighted by atomic mass is 10.1. The first-order chi connectivity index (χ1) is 15.1. The van der Waals surface area contributed by atoms with E-state index >= 15 is 0 Å². The van der Waals surface area contributed by atoms with Crippen LogP contribution in [0, 0.1) is 5.82 Å². The number of anilines is 2. The quantitative estimate of drug-likeness (QED) is 0.343. The first-order valence-electron chi connectivity index (χ1n) is 10.5. The highest BCUT2D eigenvalue weighted by atomic mass is 19.1. The maximum atomic E-state index is 13.5. The number of benzene rings is 2. The molecule has 7 heteroatoms. The standard InChI is InChI=1S/C24H27FN6/c1-17(19-5-3-6-20(25)15-19)29-23-11-12-24-28-16-22(31(24)30-23)18-7-9-21(10-8-18)27-14-4-13-26-2/h3,5-12,15-17,26-27H,4,13-14H2,1-2H3,(H,29,30). The van der Waals surface area contributed by atoms with E-state index in [9.17, 15) is 4.39 Å². The zero-order chi connectivity index (χ0) is 21.6. The third-order valence-corrected chi connectivity index (χ3v) is 5.19. The third kappa shape index (κ3) is 5.00. The summed E-state index contributed by atoms with van der Waals surface area (Å²) in [6.07, 6.45) is 2.90. The van der Waals surface area contributed by atoms with E-state index in [4.69, 9.17) is 5.10 Å². The van der Waals surface area contributed by atoms with Gasteiger partial charge in [0.1, 0.15) is 11.6 Å². The van der Waals surface area contributed by atoms with Crippen LogP contribution in [0.25, 0.3) is 16.9 Å². The molecule has 2 aromatic heterocycles. The van der Waals surface area contributed by atoms with Crippen molar-refractivity contribution in [3.05, 3.63) is 78.2 Å². The summed E-state index contributed by atoms with van der Waals surface area (Å²) in [5.41, 5.74) is 4.68. The molecule has 6 nitrogen and oxygen atoms in total. The van der Waals surface area contributed by atoms with E-state index < -0.39 is 0 Å². The van der Waals surface area contributed by atoms with Crippen LogP contribution in [0.5, 0.6) is 0 Å². The molecular formula is C24H27FN6. The van der Waals surface area contributed by atoms with Gasteiger partial charge in [-0.05, 0) is 68.9 Å². The predicted octanol–water partition coefficient (Wildman–Crippen LogP) is 4.73. The molecule has 0 saturated carbocycles. The lowest BCUT2D eigenvalue weighted by Gasteiger charge is -2.15. The summed E-state index contributed by atoms with van der Waals surface area (Å²) in [6, 6.07) is 18.6. The van der Waals surface area contributed by atoms with Gasteiger partial charge in [-0.1, -0.05) is 24.3 Å². The van der Waals surface area contributed by atoms with Crippen molar-refractivity contribution in [1.29, 1.82) is 0 Å². The van der Waals surface area contributed by atoms with Crippen LogP contribution in [-0.2, 0) is 0 Å². The second kappa shape index (κ2) is 9.57. The number of nitrogens with zero attached hydrogens (tertiary/aromatic N) is 3. The summed E-state index contributed by atoms with van der Waals surface area (Å²) in [4.78, 5) is 4.48. The number of hydrogen-bond donors (Lipinski definition) is 3. The Labute approximate surface area is 181 Å². The molecule has 0 saturated heterocycles. The molecule has 1 unspecified atom stereocenters. The molecule has 0 fully saturated rings. The Morgan fingerprint density at radius 1 is 1.03 bits per heavy atom. The van der Waals surface area contributed by atoms with E-state index in [0.717, 1.165) is 47.7 Å². The minimum absolute atomic E-state index is 0.0825. The number of fused-ring (bicyclic) bond motifs is 1. The fraction of sp³-hybridized carbons (Fsp3) is 0.250. The second-order valence-electron chi connectivity index (χ2n) is 7.51. The lowest BCUT2D eigenvalue weighted by Crippen LogP contribution is -2.12. The van der Waals surface area contributed by atoms with Crippen molar-refractivity contribution >= 4 is 17.2 Å². The average molecular weight is 419 g/mol. The molecular weight excluding hydrogens is 391 g/mol. The zero-order valence-corrected chi connectivity index (χ0v) is 17.8. The maximum absolute atomic E-state index is 13.5. The molecule has 160 valence electrons. The van der Waals surface area contributed by atoms with Crippen LogP contribution in [-0.4, -0.2) is 34.7 Å². The van der Waals surface area contributed by atoms with Crippen LogP contribution in [0.4, 0.5) is 15.9 Å². The number of halogens is 1. The van der Waals surface area contributed by atoms with Crippen molar-refractivity contribution in [2.45, 2.75) is 19.4 Å². The fourth-order valence-corrected chi connectivity index (χ4v) is 3.48. The number of aromatic nitrogens is 3. The molecule has 3 N–H and O–H groups in total. The van der Waals surface area contributed by atoms with E-state index in [-0.39, 0.29) is 11.9 Å². The Balaban J connectivity index is 1.52. The first-order valence-corrected chi connectivity index (χ1v) is 10.5. The SMILES string of the molecule is CNCCCNc1ccc(-c2cnc3ccc(NC(C)c4cccc(F)c4)nn23)cc1. The molecule has 2 heterocycles. The lowest BCUT2D eigenvalue weighted by molar-refractivity contribution is 0.623. The minimum atomic E-state index is -0.244. The maximum Gasteiger partial charge on any atom is 0.154 e. The highest BCUT2D eigenvalue weighted by molar-refractivity contribution is 5.66. The van der Waals surface area contributed by atoms with Gasteiger partial charge in [0.15, 0.2) is 5.65 Å². The number of hydrogen-bond acceptors (Lipinski definition) is 5. The van der Waals surface area contributed by atoms with Crippen molar-refractivity contribution < 1.29 is 4.39 Å². The number of rotatable bonds is 9. The van der Waals surface area contributed by atoms with Gasteiger partial charge in [-0.25, -0.2) is 13.9 Å². The molecule has 0 radical (unpaired) electrons. The molecule has 2 aromatic carbocycles. The Morgan fingerprint density at radius 2 is 1.87 bits per heavy atom. The van der Waals surface area contributed by atoms with E-state index in [1.165, 1.54) is 12.1 Å². The van der Waals surface area contributed by atoms with Crippen LogP contribution in [0.2, 0.25) is 0 Å². The Morgan fingerprint density at radius 3 is 2.65 bits per heavy atom. The summed E-state index contributed by atoms with van der Waals surface area (Å²) >= 11 is 0. The molecule has 0 amide bonds. The molecule has 4 rings (SSSR count). The van der Waals surface area contributed by atoms with Crippen molar-refractivity contribution in [3.8, 4) is 11.3 Å².